The average Bonchev–Trinajstić information content (AvgIpc) is 3.00. The number of carbonyl (C=O) groups is 1. The third-order valence-corrected chi connectivity index (χ3v) is 3.33. The van der Waals surface area contributed by atoms with E-state index < -0.39 is 0 Å². The summed E-state index contributed by atoms with van der Waals surface area (Å²) in [7, 11) is 1.49. The summed E-state index contributed by atoms with van der Waals surface area (Å²) in [5.74, 6) is 0.794. The van der Waals surface area contributed by atoms with Crippen LogP contribution in [-0.4, -0.2) is 55.4 Å². The maximum absolute atomic E-state index is 11.5. The summed E-state index contributed by atoms with van der Waals surface area (Å²) in [5, 5.41) is 12.3. The van der Waals surface area contributed by atoms with Crippen molar-refractivity contribution in [3.8, 4) is 0 Å². The molecule has 1 aliphatic heterocycles. The van der Waals surface area contributed by atoms with Gasteiger partial charge in [0.05, 0.1) is 12.8 Å². The lowest BCUT2D eigenvalue weighted by Gasteiger charge is -2.17. The van der Waals surface area contributed by atoms with E-state index in [1.54, 1.807) is 6.26 Å². The molecule has 2 N–H and O–H groups in total. The number of hydrogen-bond donors (Lipinski definition) is 2. The Hall–Kier alpha value is -1.37. The van der Waals surface area contributed by atoms with Gasteiger partial charge in [-0.1, -0.05) is 0 Å². The molecule has 2 atom stereocenters. The molecule has 1 fully saturated rings. The Balaban J connectivity index is 1.88. The van der Waals surface area contributed by atoms with E-state index in [4.69, 9.17) is 9.15 Å². The van der Waals surface area contributed by atoms with Crippen molar-refractivity contribution in [2.75, 3.05) is 33.4 Å². The van der Waals surface area contributed by atoms with Crippen molar-refractivity contribution in [3.05, 3.63) is 24.2 Å². The predicted molar refractivity (Wildman–Crippen MR) is 68.4 cm³/mol. The minimum Gasteiger partial charge on any atom is -0.468 e. The van der Waals surface area contributed by atoms with E-state index in [9.17, 15) is 9.90 Å². The van der Waals surface area contributed by atoms with Gasteiger partial charge in [0.1, 0.15) is 12.4 Å². The first-order valence-electron chi connectivity index (χ1n) is 6.36. The van der Waals surface area contributed by atoms with Gasteiger partial charge in [0, 0.05) is 38.8 Å². The summed E-state index contributed by atoms with van der Waals surface area (Å²) in [5.41, 5.74) is 0. The Labute approximate surface area is 112 Å². The molecule has 1 aromatic heterocycles. The molecule has 1 aromatic rings. The highest BCUT2D eigenvalue weighted by molar-refractivity contribution is 5.77. The fraction of sp³-hybridized carbons (Fsp3) is 0.615. The van der Waals surface area contributed by atoms with Gasteiger partial charge in [-0.25, -0.2) is 0 Å². The van der Waals surface area contributed by atoms with Crippen LogP contribution < -0.4 is 5.32 Å². The van der Waals surface area contributed by atoms with Crippen LogP contribution >= 0.6 is 0 Å². The normalized spacial score (nSPS) is 23.7. The molecule has 6 nitrogen and oxygen atoms in total. The number of nitrogens with one attached hydrogen (secondary N) is 1. The number of hydrogen-bond acceptors (Lipinski definition) is 5. The van der Waals surface area contributed by atoms with E-state index in [2.05, 4.69) is 10.2 Å². The Morgan fingerprint density at radius 2 is 2.47 bits per heavy atom. The number of nitrogens with zero attached hydrogens (tertiary/aromatic N) is 1. The Morgan fingerprint density at radius 1 is 1.63 bits per heavy atom. The second-order valence-corrected chi connectivity index (χ2v) is 4.82. The standard InChI is InChI=1S/C13H20N2O4/c1-18-9-13(17)14-12-7-15(5-10(12)8-16)6-11-3-2-4-19-11/h2-4,10,12,16H,5-9H2,1H3,(H,14,17)/t10-,12+/m0/s1. The number of furan rings is 1. The Kier molecular flexibility index (Phi) is 4.95. The van der Waals surface area contributed by atoms with Crippen LogP contribution in [0, 0.1) is 5.92 Å². The molecule has 0 saturated carbocycles. The van der Waals surface area contributed by atoms with E-state index in [0.29, 0.717) is 13.1 Å². The molecule has 2 rings (SSSR count). The van der Waals surface area contributed by atoms with Crippen molar-refractivity contribution < 1.29 is 19.1 Å². The van der Waals surface area contributed by atoms with E-state index in [0.717, 1.165) is 12.3 Å². The SMILES string of the molecule is COCC(=O)N[C@@H]1CN(Cc2ccco2)C[C@H]1CO. The zero-order valence-corrected chi connectivity index (χ0v) is 11.0. The van der Waals surface area contributed by atoms with Gasteiger partial charge in [-0.2, -0.15) is 0 Å². The molecule has 0 bridgehead atoms. The number of aliphatic hydroxyl groups is 1. The van der Waals surface area contributed by atoms with E-state index >= 15 is 0 Å². The van der Waals surface area contributed by atoms with Gasteiger partial charge >= 0.3 is 0 Å². The zero-order chi connectivity index (χ0) is 13.7. The van der Waals surface area contributed by atoms with Crippen LogP contribution in [0.2, 0.25) is 0 Å². The molecule has 0 unspecified atom stereocenters. The maximum Gasteiger partial charge on any atom is 0.246 e. The average molecular weight is 268 g/mol. The van der Waals surface area contributed by atoms with Gasteiger partial charge in [-0.05, 0) is 12.1 Å². The highest BCUT2D eigenvalue weighted by Crippen LogP contribution is 2.19. The highest BCUT2D eigenvalue weighted by Gasteiger charge is 2.33. The van der Waals surface area contributed by atoms with E-state index in [-0.39, 0.29) is 31.1 Å². The number of carbonyl (C=O) groups excluding carboxylic acids is 1. The lowest BCUT2D eigenvalue weighted by molar-refractivity contribution is -0.125. The van der Waals surface area contributed by atoms with Crippen LogP contribution in [0.5, 0.6) is 0 Å². The molecule has 106 valence electrons. The molecule has 1 saturated heterocycles. The monoisotopic (exact) mass is 268 g/mol. The molecule has 1 amide bonds. The molecular formula is C13H20N2O4. The third kappa shape index (κ3) is 3.79. The number of methoxy groups -OCH3 is 1. The summed E-state index contributed by atoms with van der Waals surface area (Å²) >= 11 is 0. The summed E-state index contributed by atoms with van der Waals surface area (Å²) in [4.78, 5) is 13.7. The van der Waals surface area contributed by atoms with Crippen LogP contribution in [0.3, 0.4) is 0 Å². The van der Waals surface area contributed by atoms with Crippen molar-refractivity contribution in [3.63, 3.8) is 0 Å². The van der Waals surface area contributed by atoms with Crippen LogP contribution in [0.1, 0.15) is 5.76 Å². The fourth-order valence-electron chi connectivity index (χ4n) is 2.44. The molecule has 0 aromatic carbocycles. The molecule has 19 heavy (non-hydrogen) atoms. The molecule has 1 aliphatic rings. The number of amides is 1. The van der Waals surface area contributed by atoms with E-state index in [1.807, 2.05) is 12.1 Å². The minimum atomic E-state index is -0.147. The molecule has 6 heteroatoms. The smallest absolute Gasteiger partial charge is 0.246 e. The van der Waals surface area contributed by atoms with Gasteiger partial charge in [0.25, 0.3) is 0 Å². The maximum atomic E-state index is 11.5. The van der Waals surface area contributed by atoms with Crippen molar-refractivity contribution in [2.45, 2.75) is 12.6 Å². The van der Waals surface area contributed by atoms with Crippen molar-refractivity contribution in [1.82, 2.24) is 10.2 Å². The third-order valence-electron chi connectivity index (χ3n) is 3.33. The first-order chi connectivity index (χ1) is 9.22. The summed E-state index contributed by atoms with van der Waals surface area (Å²) in [6.07, 6.45) is 1.65. The molecule has 0 radical (unpaired) electrons. The molecule has 2 heterocycles. The molecule has 0 aliphatic carbocycles. The Bertz CT molecular complexity index is 393. The second-order valence-electron chi connectivity index (χ2n) is 4.82. The van der Waals surface area contributed by atoms with Crippen molar-refractivity contribution >= 4 is 5.91 Å². The largest absolute Gasteiger partial charge is 0.468 e. The Morgan fingerprint density at radius 3 is 3.11 bits per heavy atom. The first kappa shape index (κ1) is 14.0. The highest BCUT2D eigenvalue weighted by atomic mass is 16.5. The van der Waals surface area contributed by atoms with Crippen molar-refractivity contribution in [1.29, 1.82) is 0 Å². The number of aliphatic hydroxyl groups excluding tert-OH is 1. The number of likely N-dealkylation sites (tertiary alicyclic amines) is 1. The topological polar surface area (TPSA) is 74.9 Å². The van der Waals surface area contributed by atoms with Gasteiger partial charge in [-0.15, -0.1) is 0 Å². The van der Waals surface area contributed by atoms with Gasteiger partial charge in [0.15, 0.2) is 0 Å². The second kappa shape index (κ2) is 6.70. The van der Waals surface area contributed by atoms with Gasteiger partial charge < -0.3 is 19.6 Å². The lowest BCUT2D eigenvalue weighted by atomic mass is 10.1. The quantitative estimate of drug-likeness (QED) is 0.749. The fourth-order valence-corrected chi connectivity index (χ4v) is 2.44. The van der Waals surface area contributed by atoms with Crippen molar-refractivity contribution in [2.24, 2.45) is 5.92 Å². The first-order valence-corrected chi connectivity index (χ1v) is 6.36. The molecule has 0 spiro atoms. The van der Waals surface area contributed by atoms with Crippen LogP contribution in [0.15, 0.2) is 22.8 Å². The van der Waals surface area contributed by atoms with Gasteiger partial charge in [0.2, 0.25) is 5.91 Å². The number of ether oxygens (including phenoxy) is 1. The summed E-state index contributed by atoms with van der Waals surface area (Å²) in [6, 6.07) is 3.74. The minimum absolute atomic E-state index is 0.0392. The summed E-state index contributed by atoms with van der Waals surface area (Å²) in [6.45, 7) is 2.26. The van der Waals surface area contributed by atoms with E-state index in [1.165, 1.54) is 7.11 Å². The number of rotatable bonds is 6. The van der Waals surface area contributed by atoms with Gasteiger partial charge in [-0.3, -0.25) is 9.69 Å². The van der Waals surface area contributed by atoms with Crippen LogP contribution in [0.25, 0.3) is 0 Å². The lowest BCUT2D eigenvalue weighted by Crippen LogP contribution is -2.43. The zero-order valence-electron chi connectivity index (χ0n) is 11.0. The van der Waals surface area contributed by atoms with Crippen LogP contribution in [-0.2, 0) is 16.1 Å². The molecular weight excluding hydrogens is 248 g/mol. The predicted octanol–water partition coefficient (Wildman–Crippen LogP) is -0.165. The summed E-state index contributed by atoms with van der Waals surface area (Å²) < 4.78 is 10.1. The van der Waals surface area contributed by atoms with Crippen LogP contribution in [0.4, 0.5) is 0 Å².